The van der Waals surface area contributed by atoms with Gasteiger partial charge in [0.05, 0.1) is 13.2 Å². The van der Waals surface area contributed by atoms with Crippen LogP contribution in [0.1, 0.15) is 18.7 Å². The third kappa shape index (κ3) is 3.51. The zero-order chi connectivity index (χ0) is 13.0. The highest BCUT2D eigenvalue weighted by Crippen LogP contribution is 2.12. The van der Waals surface area contributed by atoms with Gasteiger partial charge in [-0.25, -0.2) is 0 Å². The van der Waals surface area contributed by atoms with Gasteiger partial charge >= 0.3 is 0 Å². The van der Waals surface area contributed by atoms with Crippen LogP contribution in [0.4, 0.5) is 0 Å². The Morgan fingerprint density at radius 1 is 1.39 bits per heavy atom. The molecule has 1 aliphatic heterocycles. The summed E-state index contributed by atoms with van der Waals surface area (Å²) < 4.78 is 10.5. The van der Waals surface area contributed by atoms with Crippen LogP contribution < -0.4 is 0 Å². The predicted octanol–water partition coefficient (Wildman–Crippen LogP) is 0.531. The second-order valence-electron chi connectivity index (χ2n) is 4.83. The van der Waals surface area contributed by atoms with Crippen molar-refractivity contribution < 1.29 is 9.15 Å². The average molecular weight is 254 g/mol. The van der Waals surface area contributed by atoms with Crippen LogP contribution in [0.3, 0.4) is 0 Å². The van der Waals surface area contributed by atoms with Gasteiger partial charge in [0.1, 0.15) is 0 Å². The largest absolute Gasteiger partial charge is 0.424 e. The zero-order valence-corrected chi connectivity index (χ0v) is 11.4. The molecule has 0 aromatic carbocycles. The maximum Gasteiger partial charge on any atom is 0.230 e. The number of ether oxygens (including phenoxy) is 1. The third-order valence-corrected chi connectivity index (χ3v) is 3.36. The molecule has 1 saturated heterocycles. The fraction of sp³-hybridized carbons (Fsp3) is 0.833. The van der Waals surface area contributed by atoms with Gasteiger partial charge in [-0.2, -0.15) is 0 Å². The van der Waals surface area contributed by atoms with Crippen molar-refractivity contribution in [1.29, 1.82) is 0 Å². The minimum absolute atomic E-state index is 0.540. The van der Waals surface area contributed by atoms with E-state index in [4.69, 9.17) is 9.15 Å². The number of hydrogen-bond acceptors (Lipinski definition) is 6. The molecule has 1 unspecified atom stereocenters. The molecule has 1 aliphatic rings. The molecule has 1 atom stereocenters. The number of aromatic nitrogens is 2. The van der Waals surface area contributed by atoms with E-state index in [1.54, 1.807) is 7.11 Å². The van der Waals surface area contributed by atoms with Crippen molar-refractivity contribution in [3.8, 4) is 0 Å². The second kappa shape index (κ2) is 6.26. The fourth-order valence-electron chi connectivity index (χ4n) is 2.35. The Morgan fingerprint density at radius 3 is 2.83 bits per heavy atom. The van der Waals surface area contributed by atoms with Gasteiger partial charge in [0.25, 0.3) is 0 Å². The Balaban J connectivity index is 1.80. The Morgan fingerprint density at radius 2 is 2.22 bits per heavy atom. The number of piperazine rings is 1. The quantitative estimate of drug-likeness (QED) is 0.764. The molecule has 1 aromatic rings. The number of methoxy groups -OCH3 is 1. The molecule has 0 radical (unpaired) electrons. The smallest absolute Gasteiger partial charge is 0.230 e. The Hall–Kier alpha value is -0.980. The van der Waals surface area contributed by atoms with Crippen molar-refractivity contribution in [1.82, 2.24) is 20.0 Å². The van der Waals surface area contributed by atoms with E-state index in [2.05, 4.69) is 26.9 Å². The summed E-state index contributed by atoms with van der Waals surface area (Å²) in [6.07, 6.45) is 0. The van der Waals surface area contributed by atoms with Crippen LogP contribution in [0, 0.1) is 6.92 Å². The summed E-state index contributed by atoms with van der Waals surface area (Å²) in [7, 11) is 1.75. The molecule has 0 aliphatic carbocycles. The van der Waals surface area contributed by atoms with Crippen LogP contribution in [0.5, 0.6) is 0 Å². The van der Waals surface area contributed by atoms with Crippen LogP contribution in [0.25, 0.3) is 0 Å². The van der Waals surface area contributed by atoms with Crippen molar-refractivity contribution >= 4 is 0 Å². The molecule has 2 rings (SSSR count). The summed E-state index contributed by atoms with van der Waals surface area (Å²) in [5.41, 5.74) is 0. The van der Waals surface area contributed by atoms with Crippen LogP contribution in [0.15, 0.2) is 4.42 Å². The summed E-state index contributed by atoms with van der Waals surface area (Å²) in [5, 5.41) is 7.90. The molecular weight excluding hydrogens is 232 g/mol. The molecule has 0 spiro atoms. The lowest BCUT2D eigenvalue weighted by Gasteiger charge is -2.39. The van der Waals surface area contributed by atoms with Crippen LogP contribution in [-0.2, 0) is 11.3 Å². The first-order valence-corrected chi connectivity index (χ1v) is 6.43. The van der Waals surface area contributed by atoms with Crippen LogP contribution >= 0.6 is 0 Å². The maximum absolute atomic E-state index is 5.42. The molecular formula is C12H22N4O2. The van der Waals surface area contributed by atoms with E-state index in [1.165, 1.54) is 0 Å². The molecule has 0 saturated carbocycles. The van der Waals surface area contributed by atoms with Gasteiger partial charge in [0, 0.05) is 46.3 Å². The van der Waals surface area contributed by atoms with E-state index in [0.717, 1.165) is 39.3 Å². The van der Waals surface area contributed by atoms with Gasteiger partial charge in [0.2, 0.25) is 11.8 Å². The first kappa shape index (κ1) is 13.5. The number of nitrogens with zero attached hydrogens (tertiary/aromatic N) is 4. The molecule has 0 bridgehead atoms. The SMILES string of the molecule is COCCN1CCN(Cc2nnc(C)o2)CC1C. The standard InChI is InChI=1S/C12H22N4O2/c1-10-8-15(4-5-16(10)6-7-17-3)9-12-14-13-11(2)18-12/h10H,4-9H2,1-3H3. The lowest BCUT2D eigenvalue weighted by atomic mass is 10.2. The summed E-state index contributed by atoms with van der Waals surface area (Å²) in [6.45, 7) is 9.77. The lowest BCUT2D eigenvalue weighted by Crippen LogP contribution is -2.52. The number of rotatable bonds is 5. The van der Waals surface area contributed by atoms with Crippen molar-refractivity contribution in [2.45, 2.75) is 26.4 Å². The molecule has 0 N–H and O–H groups in total. The summed E-state index contributed by atoms with van der Waals surface area (Å²) in [5.74, 6) is 1.35. The number of aryl methyl sites for hydroxylation is 1. The number of hydrogen-bond donors (Lipinski definition) is 0. The molecule has 1 fully saturated rings. The van der Waals surface area contributed by atoms with Crippen molar-refractivity contribution in [2.24, 2.45) is 0 Å². The minimum atomic E-state index is 0.540. The van der Waals surface area contributed by atoms with Crippen molar-refractivity contribution in [2.75, 3.05) is 39.9 Å². The second-order valence-corrected chi connectivity index (χ2v) is 4.83. The molecule has 102 valence electrons. The lowest BCUT2D eigenvalue weighted by molar-refractivity contribution is 0.0520. The molecule has 0 amide bonds. The normalized spacial score (nSPS) is 22.5. The van der Waals surface area contributed by atoms with Gasteiger partial charge in [-0.15, -0.1) is 10.2 Å². The Bertz CT molecular complexity index is 369. The average Bonchev–Trinajstić information content (AvgIpc) is 2.74. The molecule has 2 heterocycles. The minimum Gasteiger partial charge on any atom is -0.424 e. The maximum atomic E-state index is 5.42. The van der Waals surface area contributed by atoms with Gasteiger partial charge in [-0.05, 0) is 6.92 Å². The molecule has 6 nitrogen and oxygen atoms in total. The fourth-order valence-corrected chi connectivity index (χ4v) is 2.35. The van der Waals surface area contributed by atoms with Gasteiger partial charge < -0.3 is 9.15 Å². The zero-order valence-electron chi connectivity index (χ0n) is 11.4. The van der Waals surface area contributed by atoms with E-state index >= 15 is 0 Å². The summed E-state index contributed by atoms with van der Waals surface area (Å²) >= 11 is 0. The predicted molar refractivity (Wildman–Crippen MR) is 67.2 cm³/mol. The monoisotopic (exact) mass is 254 g/mol. The highest BCUT2D eigenvalue weighted by molar-refractivity contribution is 4.84. The van der Waals surface area contributed by atoms with Crippen molar-refractivity contribution in [3.05, 3.63) is 11.8 Å². The molecule has 6 heteroatoms. The first-order valence-electron chi connectivity index (χ1n) is 6.43. The van der Waals surface area contributed by atoms with E-state index in [1.807, 2.05) is 6.92 Å². The summed E-state index contributed by atoms with van der Waals surface area (Å²) in [4.78, 5) is 4.82. The summed E-state index contributed by atoms with van der Waals surface area (Å²) in [6, 6.07) is 0.540. The van der Waals surface area contributed by atoms with E-state index < -0.39 is 0 Å². The highest BCUT2D eigenvalue weighted by Gasteiger charge is 2.24. The van der Waals surface area contributed by atoms with Gasteiger partial charge in [-0.3, -0.25) is 9.80 Å². The molecule has 18 heavy (non-hydrogen) atoms. The molecule has 1 aromatic heterocycles. The third-order valence-electron chi connectivity index (χ3n) is 3.36. The van der Waals surface area contributed by atoms with Gasteiger partial charge in [0.15, 0.2) is 0 Å². The van der Waals surface area contributed by atoms with E-state index in [0.29, 0.717) is 17.8 Å². The Labute approximate surface area is 108 Å². The van der Waals surface area contributed by atoms with Crippen LogP contribution in [-0.4, -0.2) is 65.9 Å². The topological polar surface area (TPSA) is 54.6 Å². The van der Waals surface area contributed by atoms with Crippen molar-refractivity contribution in [3.63, 3.8) is 0 Å². The van der Waals surface area contributed by atoms with E-state index in [9.17, 15) is 0 Å². The highest BCUT2D eigenvalue weighted by atomic mass is 16.5. The van der Waals surface area contributed by atoms with Crippen LogP contribution in [0.2, 0.25) is 0 Å². The first-order chi connectivity index (χ1) is 8.69. The van der Waals surface area contributed by atoms with E-state index in [-0.39, 0.29) is 0 Å². The van der Waals surface area contributed by atoms with Gasteiger partial charge in [-0.1, -0.05) is 0 Å². The Kier molecular flexibility index (Phi) is 4.68.